The SMILES string of the molecule is CCc1nc(COc2ccc3c(c2)OCC3O)no1. The lowest BCUT2D eigenvalue weighted by atomic mass is 10.1. The van der Waals surface area contributed by atoms with Gasteiger partial charge < -0.3 is 19.1 Å². The van der Waals surface area contributed by atoms with Crippen molar-refractivity contribution in [3.05, 3.63) is 35.5 Å². The molecule has 1 aromatic heterocycles. The fraction of sp³-hybridized carbons (Fsp3) is 0.385. The molecule has 6 heteroatoms. The quantitative estimate of drug-likeness (QED) is 0.902. The third-order valence-corrected chi connectivity index (χ3v) is 2.92. The van der Waals surface area contributed by atoms with Crippen molar-refractivity contribution in [1.29, 1.82) is 0 Å². The predicted octanol–water partition coefficient (Wildman–Crippen LogP) is 1.64. The highest BCUT2D eigenvalue weighted by atomic mass is 16.5. The Morgan fingerprint density at radius 3 is 3.16 bits per heavy atom. The van der Waals surface area contributed by atoms with Crippen molar-refractivity contribution in [3.63, 3.8) is 0 Å². The molecule has 1 unspecified atom stereocenters. The van der Waals surface area contributed by atoms with Gasteiger partial charge in [0.25, 0.3) is 0 Å². The molecule has 0 spiro atoms. The molecular formula is C13H14N2O4. The second-order valence-electron chi connectivity index (χ2n) is 4.27. The van der Waals surface area contributed by atoms with Crippen molar-refractivity contribution in [2.75, 3.05) is 6.61 Å². The van der Waals surface area contributed by atoms with Crippen LogP contribution in [0, 0.1) is 0 Å². The highest BCUT2D eigenvalue weighted by Crippen LogP contribution is 2.35. The first kappa shape index (κ1) is 12.0. The summed E-state index contributed by atoms with van der Waals surface area (Å²) in [5.74, 6) is 2.42. The van der Waals surface area contributed by atoms with Gasteiger partial charge in [-0.25, -0.2) is 0 Å². The summed E-state index contributed by atoms with van der Waals surface area (Å²) < 4.78 is 15.9. The molecule has 3 rings (SSSR count). The number of ether oxygens (including phenoxy) is 2. The zero-order chi connectivity index (χ0) is 13.2. The predicted molar refractivity (Wildman–Crippen MR) is 64.9 cm³/mol. The second kappa shape index (κ2) is 4.89. The van der Waals surface area contributed by atoms with Crippen LogP contribution in [0.1, 0.15) is 30.3 Å². The average Bonchev–Trinajstić information content (AvgIpc) is 3.03. The lowest BCUT2D eigenvalue weighted by molar-refractivity contribution is 0.140. The van der Waals surface area contributed by atoms with Crippen LogP contribution in [-0.4, -0.2) is 21.9 Å². The van der Waals surface area contributed by atoms with E-state index in [4.69, 9.17) is 14.0 Å². The number of hydrogen-bond donors (Lipinski definition) is 1. The van der Waals surface area contributed by atoms with Crippen LogP contribution in [-0.2, 0) is 13.0 Å². The van der Waals surface area contributed by atoms with E-state index < -0.39 is 6.10 Å². The van der Waals surface area contributed by atoms with Crippen LogP contribution in [0.15, 0.2) is 22.7 Å². The van der Waals surface area contributed by atoms with Gasteiger partial charge in [0.15, 0.2) is 6.61 Å². The normalized spacial score (nSPS) is 17.1. The Labute approximate surface area is 110 Å². The second-order valence-corrected chi connectivity index (χ2v) is 4.27. The summed E-state index contributed by atoms with van der Waals surface area (Å²) >= 11 is 0. The minimum absolute atomic E-state index is 0.241. The van der Waals surface area contributed by atoms with Gasteiger partial charge in [-0.15, -0.1) is 0 Å². The van der Waals surface area contributed by atoms with E-state index in [1.165, 1.54) is 0 Å². The lowest BCUT2D eigenvalue weighted by Gasteiger charge is -2.05. The maximum absolute atomic E-state index is 9.61. The Bertz CT molecular complexity index is 582. The Morgan fingerprint density at radius 2 is 2.37 bits per heavy atom. The smallest absolute Gasteiger partial charge is 0.226 e. The zero-order valence-corrected chi connectivity index (χ0v) is 10.5. The minimum atomic E-state index is -0.548. The molecule has 0 fully saturated rings. The van der Waals surface area contributed by atoms with Crippen LogP contribution in [0.25, 0.3) is 0 Å². The molecule has 19 heavy (non-hydrogen) atoms. The van der Waals surface area contributed by atoms with Crippen molar-refractivity contribution in [2.24, 2.45) is 0 Å². The first-order valence-electron chi connectivity index (χ1n) is 6.15. The topological polar surface area (TPSA) is 77.6 Å². The average molecular weight is 262 g/mol. The number of aryl methyl sites for hydroxylation is 1. The highest BCUT2D eigenvalue weighted by Gasteiger charge is 2.22. The summed E-state index contributed by atoms with van der Waals surface area (Å²) in [7, 11) is 0. The van der Waals surface area contributed by atoms with Gasteiger partial charge in [0.1, 0.15) is 24.2 Å². The summed E-state index contributed by atoms with van der Waals surface area (Å²) in [5, 5.41) is 13.4. The number of aliphatic hydroxyl groups is 1. The summed E-state index contributed by atoms with van der Waals surface area (Å²) in [6.45, 7) is 2.48. The number of aromatic nitrogens is 2. The zero-order valence-electron chi connectivity index (χ0n) is 10.5. The molecule has 6 nitrogen and oxygen atoms in total. The summed E-state index contributed by atoms with van der Waals surface area (Å²) in [5.41, 5.74) is 0.792. The van der Waals surface area contributed by atoms with E-state index in [1.54, 1.807) is 18.2 Å². The van der Waals surface area contributed by atoms with Crippen LogP contribution in [0.3, 0.4) is 0 Å². The van der Waals surface area contributed by atoms with Crippen molar-refractivity contribution in [1.82, 2.24) is 10.1 Å². The first-order valence-corrected chi connectivity index (χ1v) is 6.15. The van der Waals surface area contributed by atoms with E-state index in [0.29, 0.717) is 36.2 Å². The van der Waals surface area contributed by atoms with Gasteiger partial charge in [-0.2, -0.15) is 4.98 Å². The summed E-state index contributed by atoms with van der Waals surface area (Å²) in [6, 6.07) is 5.35. The Morgan fingerprint density at radius 1 is 1.47 bits per heavy atom. The fourth-order valence-electron chi connectivity index (χ4n) is 1.90. The van der Waals surface area contributed by atoms with E-state index in [0.717, 1.165) is 5.56 Å². The fourth-order valence-corrected chi connectivity index (χ4v) is 1.90. The monoisotopic (exact) mass is 262 g/mol. The highest BCUT2D eigenvalue weighted by molar-refractivity contribution is 5.44. The standard InChI is InChI=1S/C13H14N2O4/c1-2-13-14-12(15-19-13)7-17-8-3-4-9-10(16)6-18-11(9)5-8/h3-5,10,16H,2,6-7H2,1H3. The molecule has 1 N–H and O–H groups in total. The van der Waals surface area contributed by atoms with Crippen LogP contribution in [0.5, 0.6) is 11.5 Å². The summed E-state index contributed by atoms with van der Waals surface area (Å²) in [4.78, 5) is 4.15. The molecule has 2 heterocycles. The van der Waals surface area contributed by atoms with Crippen molar-refractivity contribution >= 4 is 0 Å². The maximum Gasteiger partial charge on any atom is 0.226 e. The van der Waals surface area contributed by atoms with Crippen molar-refractivity contribution < 1.29 is 19.1 Å². The molecule has 1 atom stereocenters. The van der Waals surface area contributed by atoms with E-state index >= 15 is 0 Å². The third-order valence-electron chi connectivity index (χ3n) is 2.92. The third kappa shape index (κ3) is 2.39. The Hall–Kier alpha value is -2.08. The molecule has 1 aliphatic heterocycles. The number of fused-ring (bicyclic) bond motifs is 1. The molecule has 2 aromatic rings. The van der Waals surface area contributed by atoms with E-state index in [-0.39, 0.29) is 6.61 Å². The molecule has 0 saturated heterocycles. The number of hydrogen-bond acceptors (Lipinski definition) is 6. The molecule has 100 valence electrons. The molecule has 1 aromatic carbocycles. The van der Waals surface area contributed by atoms with Gasteiger partial charge in [0.2, 0.25) is 11.7 Å². The van der Waals surface area contributed by atoms with Gasteiger partial charge in [-0.3, -0.25) is 0 Å². The van der Waals surface area contributed by atoms with Crippen molar-refractivity contribution in [2.45, 2.75) is 26.1 Å². The van der Waals surface area contributed by atoms with Crippen molar-refractivity contribution in [3.8, 4) is 11.5 Å². The Kier molecular flexibility index (Phi) is 3.08. The van der Waals surface area contributed by atoms with Crippen LogP contribution in [0.2, 0.25) is 0 Å². The van der Waals surface area contributed by atoms with Crippen LogP contribution >= 0.6 is 0 Å². The van der Waals surface area contributed by atoms with E-state index in [2.05, 4.69) is 10.1 Å². The molecular weight excluding hydrogens is 248 g/mol. The van der Waals surface area contributed by atoms with Crippen LogP contribution < -0.4 is 9.47 Å². The van der Waals surface area contributed by atoms with Gasteiger partial charge in [-0.05, 0) is 12.1 Å². The van der Waals surface area contributed by atoms with E-state index in [1.807, 2.05) is 6.92 Å². The largest absolute Gasteiger partial charge is 0.490 e. The van der Waals surface area contributed by atoms with Gasteiger partial charge >= 0.3 is 0 Å². The summed E-state index contributed by atoms with van der Waals surface area (Å²) in [6.07, 6.45) is 0.158. The number of nitrogens with zero attached hydrogens (tertiary/aromatic N) is 2. The number of rotatable bonds is 4. The minimum Gasteiger partial charge on any atom is -0.490 e. The molecule has 0 saturated carbocycles. The Balaban J connectivity index is 1.67. The molecule has 0 bridgehead atoms. The lowest BCUT2D eigenvalue weighted by Crippen LogP contribution is -1.98. The molecule has 1 aliphatic rings. The maximum atomic E-state index is 9.61. The van der Waals surface area contributed by atoms with E-state index in [9.17, 15) is 5.11 Å². The number of benzene rings is 1. The van der Waals surface area contributed by atoms with Gasteiger partial charge in [0.05, 0.1) is 0 Å². The molecule has 0 amide bonds. The molecule has 0 aliphatic carbocycles. The van der Waals surface area contributed by atoms with Gasteiger partial charge in [-0.1, -0.05) is 12.1 Å². The first-order chi connectivity index (χ1) is 9.26. The molecule has 0 radical (unpaired) electrons. The van der Waals surface area contributed by atoms with Gasteiger partial charge in [0, 0.05) is 18.1 Å². The van der Waals surface area contributed by atoms with Crippen LogP contribution in [0.4, 0.5) is 0 Å². The number of aliphatic hydroxyl groups excluding tert-OH is 1.